The summed E-state index contributed by atoms with van der Waals surface area (Å²) in [5, 5.41) is 5.81. The quantitative estimate of drug-likeness (QED) is 0.494. The third-order valence-electron chi connectivity index (χ3n) is 2.20. The summed E-state index contributed by atoms with van der Waals surface area (Å²) >= 11 is 0. The topological polar surface area (TPSA) is 59.6 Å². The van der Waals surface area contributed by atoms with Crippen LogP contribution < -0.4 is 10.6 Å². The minimum absolute atomic E-state index is 0.0228. The van der Waals surface area contributed by atoms with E-state index in [9.17, 15) is 4.79 Å². The standard InChI is InChI=1S/C12H26N2O3/c1-3-4-8-17-9-5-6-14-12(15)11-13-7-10-16-2/h13H,3-11H2,1-2H3,(H,14,15). The van der Waals surface area contributed by atoms with Crippen LogP contribution in [0.4, 0.5) is 0 Å². The van der Waals surface area contributed by atoms with Gasteiger partial charge in [-0.2, -0.15) is 0 Å². The summed E-state index contributed by atoms with van der Waals surface area (Å²) in [6, 6.07) is 0. The van der Waals surface area contributed by atoms with Gasteiger partial charge in [-0.3, -0.25) is 4.79 Å². The van der Waals surface area contributed by atoms with Gasteiger partial charge in [0.15, 0.2) is 0 Å². The molecule has 0 rings (SSSR count). The molecule has 0 aliphatic rings. The van der Waals surface area contributed by atoms with Gasteiger partial charge >= 0.3 is 0 Å². The van der Waals surface area contributed by atoms with Crippen molar-refractivity contribution in [2.45, 2.75) is 26.2 Å². The van der Waals surface area contributed by atoms with Gasteiger partial charge < -0.3 is 20.1 Å². The number of hydrogen-bond donors (Lipinski definition) is 2. The first kappa shape index (κ1) is 16.4. The number of carbonyl (C=O) groups is 1. The van der Waals surface area contributed by atoms with Crippen molar-refractivity contribution >= 4 is 5.91 Å². The molecule has 0 aromatic rings. The summed E-state index contributed by atoms with van der Waals surface area (Å²) in [5.41, 5.74) is 0. The monoisotopic (exact) mass is 246 g/mol. The first-order valence-electron chi connectivity index (χ1n) is 6.35. The molecule has 0 heterocycles. The number of rotatable bonds is 12. The van der Waals surface area contributed by atoms with E-state index >= 15 is 0 Å². The second-order valence-corrected chi connectivity index (χ2v) is 3.84. The van der Waals surface area contributed by atoms with Crippen molar-refractivity contribution < 1.29 is 14.3 Å². The number of amides is 1. The molecule has 17 heavy (non-hydrogen) atoms. The summed E-state index contributed by atoms with van der Waals surface area (Å²) in [6.45, 7) is 6.03. The van der Waals surface area contributed by atoms with Crippen LogP contribution >= 0.6 is 0 Å². The highest BCUT2D eigenvalue weighted by atomic mass is 16.5. The number of hydrogen-bond acceptors (Lipinski definition) is 4. The molecule has 0 aromatic carbocycles. The Hall–Kier alpha value is -0.650. The molecule has 0 aromatic heterocycles. The molecule has 0 aliphatic carbocycles. The molecule has 0 bridgehead atoms. The first-order valence-corrected chi connectivity index (χ1v) is 6.35. The van der Waals surface area contributed by atoms with Crippen LogP contribution in [-0.4, -0.2) is 52.5 Å². The van der Waals surface area contributed by atoms with Crippen LogP contribution in [0.2, 0.25) is 0 Å². The molecule has 0 aliphatic heterocycles. The largest absolute Gasteiger partial charge is 0.383 e. The summed E-state index contributed by atoms with van der Waals surface area (Å²) in [5.74, 6) is 0.0228. The number of nitrogens with one attached hydrogen (secondary N) is 2. The third kappa shape index (κ3) is 13.3. The van der Waals surface area contributed by atoms with Gasteiger partial charge in [0, 0.05) is 33.4 Å². The van der Waals surface area contributed by atoms with Gasteiger partial charge in [-0.1, -0.05) is 13.3 Å². The van der Waals surface area contributed by atoms with E-state index in [1.165, 1.54) is 0 Å². The SMILES string of the molecule is CCCCOCCCNC(=O)CNCCOC. The number of carbonyl (C=O) groups excluding carboxylic acids is 1. The van der Waals surface area contributed by atoms with Crippen LogP contribution in [0, 0.1) is 0 Å². The van der Waals surface area contributed by atoms with E-state index in [1.54, 1.807) is 7.11 Å². The molecule has 5 heteroatoms. The van der Waals surface area contributed by atoms with Crippen LogP contribution in [0.15, 0.2) is 0 Å². The van der Waals surface area contributed by atoms with Crippen molar-refractivity contribution in [1.82, 2.24) is 10.6 Å². The van der Waals surface area contributed by atoms with Gasteiger partial charge in [0.1, 0.15) is 0 Å². The lowest BCUT2D eigenvalue weighted by atomic mass is 10.3. The average Bonchev–Trinajstić information content (AvgIpc) is 2.33. The number of methoxy groups -OCH3 is 1. The van der Waals surface area contributed by atoms with Crippen molar-refractivity contribution in [3.05, 3.63) is 0 Å². The summed E-state index contributed by atoms with van der Waals surface area (Å²) in [7, 11) is 1.64. The molecule has 5 nitrogen and oxygen atoms in total. The lowest BCUT2D eigenvalue weighted by Crippen LogP contribution is -2.35. The number of ether oxygens (including phenoxy) is 2. The Bertz CT molecular complexity index is 177. The molecule has 0 saturated carbocycles. The molecule has 0 spiro atoms. The number of unbranched alkanes of at least 4 members (excludes halogenated alkanes) is 1. The van der Waals surface area contributed by atoms with Crippen LogP contribution in [0.5, 0.6) is 0 Å². The Kier molecular flexibility index (Phi) is 12.9. The fourth-order valence-electron chi connectivity index (χ4n) is 1.19. The highest BCUT2D eigenvalue weighted by Crippen LogP contribution is 1.88. The Balaban J connectivity index is 3.11. The second kappa shape index (κ2) is 13.4. The van der Waals surface area contributed by atoms with Gasteiger partial charge in [0.05, 0.1) is 13.2 Å². The fourth-order valence-corrected chi connectivity index (χ4v) is 1.19. The zero-order valence-corrected chi connectivity index (χ0v) is 11.1. The van der Waals surface area contributed by atoms with E-state index in [4.69, 9.17) is 9.47 Å². The van der Waals surface area contributed by atoms with E-state index in [2.05, 4.69) is 17.6 Å². The first-order chi connectivity index (χ1) is 8.31. The van der Waals surface area contributed by atoms with Gasteiger partial charge in [-0.15, -0.1) is 0 Å². The molecular formula is C12H26N2O3. The maximum absolute atomic E-state index is 11.3. The van der Waals surface area contributed by atoms with Crippen LogP contribution in [0.1, 0.15) is 26.2 Å². The van der Waals surface area contributed by atoms with Gasteiger partial charge in [-0.05, 0) is 12.8 Å². The maximum Gasteiger partial charge on any atom is 0.233 e. The van der Waals surface area contributed by atoms with E-state index < -0.39 is 0 Å². The molecule has 0 fully saturated rings. The molecule has 2 N–H and O–H groups in total. The van der Waals surface area contributed by atoms with Crippen molar-refractivity contribution in [2.24, 2.45) is 0 Å². The van der Waals surface area contributed by atoms with Crippen molar-refractivity contribution in [2.75, 3.05) is 46.6 Å². The minimum Gasteiger partial charge on any atom is -0.383 e. The molecule has 0 unspecified atom stereocenters. The predicted molar refractivity (Wildman–Crippen MR) is 68.1 cm³/mol. The third-order valence-corrected chi connectivity index (χ3v) is 2.20. The molecular weight excluding hydrogens is 220 g/mol. The molecule has 0 atom stereocenters. The van der Waals surface area contributed by atoms with Crippen LogP contribution in [0.3, 0.4) is 0 Å². The Morgan fingerprint density at radius 1 is 1.12 bits per heavy atom. The van der Waals surface area contributed by atoms with Gasteiger partial charge in [0.2, 0.25) is 5.91 Å². The van der Waals surface area contributed by atoms with E-state index in [0.29, 0.717) is 26.2 Å². The zero-order valence-electron chi connectivity index (χ0n) is 11.1. The smallest absolute Gasteiger partial charge is 0.233 e. The van der Waals surface area contributed by atoms with Gasteiger partial charge in [0.25, 0.3) is 0 Å². The van der Waals surface area contributed by atoms with Gasteiger partial charge in [-0.25, -0.2) is 0 Å². The lowest BCUT2D eigenvalue weighted by Gasteiger charge is -2.06. The summed E-state index contributed by atoms with van der Waals surface area (Å²) in [4.78, 5) is 11.3. The van der Waals surface area contributed by atoms with Crippen LogP contribution in [-0.2, 0) is 14.3 Å². The summed E-state index contributed by atoms with van der Waals surface area (Å²) < 4.78 is 10.2. The normalized spacial score (nSPS) is 10.5. The Morgan fingerprint density at radius 2 is 1.88 bits per heavy atom. The summed E-state index contributed by atoms with van der Waals surface area (Å²) in [6.07, 6.45) is 3.13. The minimum atomic E-state index is 0.0228. The maximum atomic E-state index is 11.3. The zero-order chi connectivity index (χ0) is 12.8. The highest BCUT2D eigenvalue weighted by molar-refractivity contribution is 5.77. The Labute approximate surface area is 104 Å². The lowest BCUT2D eigenvalue weighted by molar-refractivity contribution is -0.120. The van der Waals surface area contributed by atoms with E-state index in [-0.39, 0.29) is 5.91 Å². The van der Waals surface area contributed by atoms with E-state index in [0.717, 1.165) is 32.5 Å². The second-order valence-electron chi connectivity index (χ2n) is 3.84. The van der Waals surface area contributed by atoms with Crippen molar-refractivity contribution in [3.63, 3.8) is 0 Å². The van der Waals surface area contributed by atoms with E-state index in [1.807, 2.05) is 0 Å². The molecule has 0 saturated heterocycles. The Morgan fingerprint density at radius 3 is 2.59 bits per heavy atom. The highest BCUT2D eigenvalue weighted by Gasteiger charge is 1.98. The average molecular weight is 246 g/mol. The molecule has 102 valence electrons. The van der Waals surface area contributed by atoms with Crippen molar-refractivity contribution in [1.29, 1.82) is 0 Å². The predicted octanol–water partition coefficient (Wildman–Crippen LogP) is 0.545. The van der Waals surface area contributed by atoms with Crippen molar-refractivity contribution in [3.8, 4) is 0 Å². The van der Waals surface area contributed by atoms with Crippen LogP contribution in [0.25, 0.3) is 0 Å². The molecule has 1 amide bonds. The molecule has 0 radical (unpaired) electrons. The fraction of sp³-hybridized carbons (Fsp3) is 0.917.